The number of aryl methyl sites for hydroxylation is 1. The zero-order valence-corrected chi connectivity index (χ0v) is 18.1. The molecule has 4 aromatic rings. The number of amides is 1. The second-order valence-electron chi connectivity index (χ2n) is 7.33. The topological polar surface area (TPSA) is 85.4 Å². The molecule has 0 atom stereocenters. The lowest BCUT2D eigenvalue weighted by molar-refractivity contribution is -0.137. The average molecular weight is 468 g/mol. The van der Waals surface area contributed by atoms with Crippen LogP contribution in [0.5, 0.6) is 11.5 Å². The van der Waals surface area contributed by atoms with Gasteiger partial charge in [-0.3, -0.25) is 9.78 Å². The summed E-state index contributed by atoms with van der Waals surface area (Å²) >= 11 is 0. The average Bonchev–Trinajstić information content (AvgIpc) is 2.83. The lowest BCUT2D eigenvalue weighted by atomic mass is 10.1. The van der Waals surface area contributed by atoms with Gasteiger partial charge in [-0.2, -0.15) is 13.2 Å². The third-order valence-electron chi connectivity index (χ3n) is 4.85. The van der Waals surface area contributed by atoms with Crippen LogP contribution in [0.2, 0.25) is 0 Å². The maximum absolute atomic E-state index is 12.6. The molecule has 176 valence electrons. The van der Waals surface area contributed by atoms with E-state index in [4.69, 9.17) is 15.6 Å². The van der Waals surface area contributed by atoms with Crippen molar-refractivity contribution in [2.75, 3.05) is 6.61 Å². The van der Waals surface area contributed by atoms with Gasteiger partial charge in [-0.1, -0.05) is 18.2 Å². The Bertz CT molecular complexity index is 1230. The highest BCUT2D eigenvalue weighted by Crippen LogP contribution is 2.33. The van der Waals surface area contributed by atoms with E-state index in [0.717, 1.165) is 41.4 Å². The summed E-state index contributed by atoms with van der Waals surface area (Å²) in [4.78, 5) is 15.3. The molecule has 0 aliphatic heterocycles. The molecule has 0 bridgehead atoms. The third kappa shape index (κ3) is 6.79. The number of primary amides is 1. The van der Waals surface area contributed by atoms with E-state index >= 15 is 0 Å². The first-order valence-electron chi connectivity index (χ1n) is 10.5. The van der Waals surface area contributed by atoms with Gasteiger partial charge < -0.3 is 15.6 Å². The predicted octanol–water partition coefficient (Wildman–Crippen LogP) is 5.76. The molecule has 0 spiro atoms. The van der Waals surface area contributed by atoms with Crippen molar-refractivity contribution in [1.82, 2.24) is 4.98 Å². The number of carbonyl (C=O) groups excluding carboxylic acids is 1. The number of benzene rings is 3. The quantitative estimate of drug-likeness (QED) is 0.377. The van der Waals surface area contributed by atoms with E-state index in [1.165, 1.54) is 12.1 Å². The van der Waals surface area contributed by atoms with Crippen LogP contribution in [-0.4, -0.2) is 22.6 Å². The molecule has 0 aliphatic rings. The van der Waals surface area contributed by atoms with Crippen molar-refractivity contribution < 1.29 is 27.8 Å². The Kier molecular flexibility index (Phi) is 8.21. The van der Waals surface area contributed by atoms with Gasteiger partial charge in [0.25, 0.3) is 0 Å². The second kappa shape index (κ2) is 11.3. The van der Waals surface area contributed by atoms with Crippen LogP contribution in [0, 0.1) is 0 Å². The van der Waals surface area contributed by atoms with Gasteiger partial charge in [-0.05, 0) is 78.9 Å². The molecule has 0 fully saturated rings. The fourth-order valence-electron chi connectivity index (χ4n) is 3.14. The number of carbonyl (C=O) groups is 1. The number of nitrogens with two attached hydrogens (primary N) is 1. The monoisotopic (exact) mass is 468 g/mol. The summed E-state index contributed by atoms with van der Waals surface area (Å²) in [5.74, 6) is 0.226. The lowest BCUT2D eigenvalue weighted by Gasteiger charge is -2.11. The summed E-state index contributed by atoms with van der Waals surface area (Å²) in [5, 5.41) is 9.97. The van der Waals surface area contributed by atoms with Gasteiger partial charge in [0.05, 0.1) is 5.56 Å². The lowest BCUT2D eigenvalue weighted by Crippen LogP contribution is -2.10. The summed E-state index contributed by atoms with van der Waals surface area (Å²) in [5.41, 5.74) is 5.94. The summed E-state index contributed by atoms with van der Waals surface area (Å²) in [6.07, 6.45) is -0.940. The molecular formula is C26H23F3N2O3. The molecule has 0 aliphatic carbocycles. The molecule has 1 heterocycles. The molecule has 5 nitrogen and oxygen atoms in total. The van der Waals surface area contributed by atoms with E-state index in [-0.39, 0.29) is 12.4 Å². The maximum Gasteiger partial charge on any atom is 0.416 e. The number of pyridine rings is 1. The van der Waals surface area contributed by atoms with Gasteiger partial charge in [-0.25, -0.2) is 0 Å². The Morgan fingerprint density at radius 2 is 1.74 bits per heavy atom. The molecule has 4 rings (SSSR count). The van der Waals surface area contributed by atoms with E-state index < -0.39 is 17.6 Å². The van der Waals surface area contributed by atoms with Gasteiger partial charge in [0, 0.05) is 29.4 Å². The first kappa shape index (κ1) is 24.7. The van der Waals surface area contributed by atoms with Crippen molar-refractivity contribution in [2.45, 2.75) is 19.0 Å². The molecule has 3 N–H and O–H groups in total. The summed E-state index contributed by atoms with van der Waals surface area (Å²) < 4.78 is 43.4. The Balaban J connectivity index is 0.000000271. The largest absolute Gasteiger partial charge is 0.457 e. The first-order chi connectivity index (χ1) is 16.3. The fourth-order valence-corrected chi connectivity index (χ4v) is 3.14. The Hall–Kier alpha value is -3.91. The predicted molar refractivity (Wildman–Crippen MR) is 124 cm³/mol. The van der Waals surface area contributed by atoms with Crippen LogP contribution in [0.15, 0.2) is 85.1 Å². The molecule has 1 amide bonds. The fraction of sp³-hybridized carbons (Fsp3) is 0.154. The summed E-state index contributed by atoms with van der Waals surface area (Å²) in [6.45, 7) is 0.247. The number of nitrogens with zero attached hydrogens (tertiary/aromatic N) is 1. The molecule has 0 saturated heterocycles. The van der Waals surface area contributed by atoms with Gasteiger partial charge in [0.2, 0.25) is 5.91 Å². The number of fused-ring (bicyclic) bond motifs is 1. The maximum atomic E-state index is 12.6. The van der Waals surface area contributed by atoms with E-state index in [9.17, 15) is 18.0 Å². The number of aromatic nitrogens is 1. The molecule has 0 unspecified atom stereocenters. The highest BCUT2D eigenvalue weighted by Gasteiger charge is 2.30. The van der Waals surface area contributed by atoms with Crippen LogP contribution in [0.1, 0.15) is 28.0 Å². The molecule has 1 aromatic heterocycles. The van der Waals surface area contributed by atoms with Crippen LogP contribution in [0.25, 0.3) is 10.8 Å². The van der Waals surface area contributed by atoms with Crippen LogP contribution in [0.3, 0.4) is 0 Å². The van der Waals surface area contributed by atoms with Gasteiger partial charge in [0.1, 0.15) is 11.5 Å². The molecule has 34 heavy (non-hydrogen) atoms. The number of rotatable bonds is 6. The van der Waals surface area contributed by atoms with Crippen LogP contribution in [-0.2, 0) is 12.6 Å². The minimum absolute atomic E-state index is 0.247. The molecular weight excluding hydrogens is 445 g/mol. The molecule has 0 radical (unpaired) electrons. The minimum Gasteiger partial charge on any atom is -0.457 e. The highest BCUT2D eigenvalue weighted by atomic mass is 19.4. The van der Waals surface area contributed by atoms with E-state index in [2.05, 4.69) is 4.98 Å². The standard InChI is InChI=1S/C18H12F3NO2.C8H11NO/c19-18(20,21)13-5-7-14(8-6-13)24-16-3-1-2-11-10-12(17(22)23)4-9-15(11)16;10-7-3-5-8-4-1-2-6-9-8/h1-10H,(H2,22,23);1-2,4,6,10H,3,5,7H2. The number of aliphatic hydroxyl groups is 1. The van der Waals surface area contributed by atoms with E-state index in [1.807, 2.05) is 18.2 Å². The third-order valence-corrected chi connectivity index (χ3v) is 4.85. The number of aliphatic hydroxyl groups excluding tert-OH is 1. The van der Waals surface area contributed by atoms with Crippen molar-refractivity contribution in [2.24, 2.45) is 5.73 Å². The van der Waals surface area contributed by atoms with E-state index in [1.54, 1.807) is 42.6 Å². The van der Waals surface area contributed by atoms with Crippen molar-refractivity contribution >= 4 is 16.7 Å². The van der Waals surface area contributed by atoms with E-state index in [0.29, 0.717) is 11.3 Å². The molecule has 0 saturated carbocycles. The summed E-state index contributed by atoms with van der Waals surface area (Å²) in [6, 6.07) is 20.4. The Morgan fingerprint density at radius 3 is 2.35 bits per heavy atom. The number of alkyl halides is 3. The Morgan fingerprint density at radius 1 is 0.971 bits per heavy atom. The number of hydrogen-bond donors (Lipinski definition) is 2. The van der Waals surface area contributed by atoms with Crippen LogP contribution in [0.4, 0.5) is 13.2 Å². The molecule has 8 heteroatoms. The highest BCUT2D eigenvalue weighted by molar-refractivity contribution is 5.99. The number of hydrogen-bond acceptors (Lipinski definition) is 4. The van der Waals surface area contributed by atoms with Gasteiger partial charge >= 0.3 is 6.18 Å². The van der Waals surface area contributed by atoms with Crippen molar-refractivity contribution in [3.8, 4) is 11.5 Å². The zero-order valence-electron chi connectivity index (χ0n) is 18.1. The number of halogens is 3. The van der Waals surface area contributed by atoms with Crippen molar-refractivity contribution in [1.29, 1.82) is 0 Å². The summed E-state index contributed by atoms with van der Waals surface area (Å²) in [7, 11) is 0. The van der Waals surface area contributed by atoms with Crippen molar-refractivity contribution in [3.63, 3.8) is 0 Å². The van der Waals surface area contributed by atoms with Crippen molar-refractivity contribution in [3.05, 3.63) is 102 Å². The normalized spacial score (nSPS) is 10.9. The van der Waals surface area contributed by atoms with Crippen LogP contribution >= 0.6 is 0 Å². The second-order valence-corrected chi connectivity index (χ2v) is 7.33. The minimum atomic E-state index is -4.39. The van der Waals surface area contributed by atoms with Gasteiger partial charge in [0.15, 0.2) is 0 Å². The zero-order chi connectivity index (χ0) is 24.6. The van der Waals surface area contributed by atoms with Gasteiger partial charge in [-0.15, -0.1) is 0 Å². The number of ether oxygens (including phenoxy) is 1. The SMILES string of the molecule is NC(=O)c1ccc2c(Oc3ccc(C(F)(F)F)cc3)cccc2c1.OCCCc1ccccn1. The first-order valence-corrected chi connectivity index (χ1v) is 10.5. The Labute approximate surface area is 194 Å². The smallest absolute Gasteiger partial charge is 0.416 e. The van der Waals surface area contributed by atoms with Crippen LogP contribution < -0.4 is 10.5 Å². The molecule has 3 aromatic carbocycles.